The first-order valence-electron chi connectivity index (χ1n) is 8.47. The third-order valence-electron chi connectivity index (χ3n) is 3.75. The van der Waals surface area contributed by atoms with E-state index in [9.17, 15) is 9.59 Å². The summed E-state index contributed by atoms with van der Waals surface area (Å²) >= 11 is 0. The van der Waals surface area contributed by atoms with Gasteiger partial charge >= 0.3 is 0 Å². The van der Waals surface area contributed by atoms with Crippen molar-refractivity contribution in [1.82, 2.24) is 4.98 Å². The number of anilines is 4. The highest BCUT2D eigenvalue weighted by atomic mass is 16.2. The molecule has 0 saturated carbocycles. The number of aryl methyl sites for hydroxylation is 1. The van der Waals surface area contributed by atoms with Gasteiger partial charge in [-0.15, -0.1) is 0 Å². The summed E-state index contributed by atoms with van der Waals surface area (Å²) in [5, 5.41) is 8.79. The number of aromatic nitrogens is 1. The Kier molecular flexibility index (Phi) is 5.47. The van der Waals surface area contributed by atoms with Gasteiger partial charge in [-0.3, -0.25) is 14.6 Å². The Morgan fingerprint density at radius 2 is 1.52 bits per heavy atom. The van der Waals surface area contributed by atoms with Gasteiger partial charge in [-0.2, -0.15) is 0 Å². The van der Waals surface area contributed by atoms with Crippen molar-refractivity contribution in [3.63, 3.8) is 0 Å². The molecule has 6 nitrogen and oxygen atoms in total. The van der Waals surface area contributed by atoms with Gasteiger partial charge in [-0.25, -0.2) is 0 Å². The number of rotatable bonds is 5. The summed E-state index contributed by atoms with van der Waals surface area (Å²) in [5.74, 6) is -0.368. The topological polar surface area (TPSA) is 83.1 Å². The van der Waals surface area contributed by atoms with Crippen LogP contribution >= 0.6 is 0 Å². The minimum Gasteiger partial charge on any atom is -0.354 e. The molecule has 0 aliphatic rings. The van der Waals surface area contributed by atoms with Crippen molar-refractivity contribution in [2.75, 3.05) is 16.0 Å². The molecule has 2 amide bonds. The van der Waals surface area contributed by atoms with E-state index < -0.39 is 0 Å². The molecule has 0 unspecified atom stereocenters. The summed E-state index contributed by atoms with van der Waals surface area (Å²) in [6, 6.07) is 16.6. The molecule has 0 radical (unpaired) electrons. The monoisotopic (exact) mass is 360 g/mol. The van der Waals surface area contributed by atoms with Crippen molar-refractivity contribution in [3.8, 4) is 0 Å². The Bertz CT molecular complexity index is 985. The van der Waals surface area contributed by atoms with Crippen LogP contribution in [0.5, 0.6) is 0 Å². The normalized spacial score (nSPS) is 10.1. The Morgan fingerprint density at radius 1 is 0.815 bits per heavy atom. The molecule has 3 N–H and O–H groups in total. The van der Waals surface area contributed by atoms with Gasteiger partial charge in [0.25, 0.3) is 5.91 Å². The number of pyridine rings is 1. The smallest absolute Gasteiger partial charge is 0.257 e. The molecule has 0 saturated heterocycles. The molecule has 0 spiro atoms. The van der Waals surface area contributed by atoms with E-state index in [-0.39, 0.29) is 11.8 Å². The van der Waals surface area contributed by atoms with E-state index in [1.807, 2.05) is 43.3 Å². The van der Waals surface area contributed by atoms with Crippen LogP contribution in [-0.4, -0.2) is 16.8 Å². The van der Waals surface area contributed by atoms with E-state index in [0.29, 0.717) is 16.9 Å². The van der Waals surface area contributed by atoms with E-state index in [1.165, 1.54) is 13.1 Å². The average Bonchev–Trinajstić information content (AvgIpc) is 2.62. The fourth-order valence-electron chi connectivity index (χ4n) is 2.60. The first-order chi connectivity index (χ1) is 13.0. The average molecular weight is 360 g/mol. The molecular formula is C21H20N4O2. The fraction of sp³-hybridized carbons (Fsp3) is 0.0952. The quantitative estimate of drug-likeness (QED) is 0.632. The van der Waals surface area contributed by atoms with Crippen LogP contribution in [0.3, 0.4) is 0 Å². The van der Waals surface area contributed by atoms with Gasteiger partial charge < -0.3 is 16.0 Å². The molecule has 0 aliphatic heterocycles. The van der Waals surface area contributed by atoms with E-state index in [4.69, 9.17) is 0 Å². The molecule has 3 aromatic rings. The van der Waals surface area contributed by atoms with E-state index in [1.54, 1.807) is 24.4 Å². The number of nitrogens with one attached hydrogen (secondary N) is 3. The van der Waals surface area contributed by atoms with E-state index >= 15 is 0 Å². The SMILES string of the molecule is CC(=O)Nc1cccc(Nc2cncc(C(=O)Nc3cccc(C)c3)c2)c1. The Balaban J connectivity index is 1.73. The van der Waals surface area contributed by atoms with E-state index in [2.05, 4.69) is 20.9 Å². The van der Waals surface area contributed by atoms with Crippen molar-refractivity contribution in [2.24, 2.45) is 0 Å². The van der Waals surface area contributed by atoms with Crippen LogP contribution < -0.4 is 16.0 Å². The number of benzene rings is 2. The standard InChI is InChI=1S/C21H20N4O2/c1-14-5-3-6-17(9-14)25-21(27)16-10-20(13-22-12-16)24-19-8-4-7-18(11-19)23-15(2)26/h3-13,24H,1-2H3,(H,23,26)(H,25,27). The zero-order valence-electron chi connectivity index (χ0n) is 15.1. The molecule has 6 heteroatoms. The third-order valence-corrected chi connectivity index (χ3v) is 3.75. The summed E-state index contributed by atoms with van der Waals surface area (Å²) in [6.07, 6.45) is 3.15. The Labute approximate surface area is 157 Å². The largest absolute Gasteiger partial charge is 0.354 e. The molecule has 0 fully saturated rings. The second-order valence-corrected chi connectivity index (χ2v) is 6.17. The number of hydrogen-bond donors (Lipinski definition) is 3. The zero-order valence-corrected chi connectivity index (χ0v) is 15.1. The second kappa shape index (κ2) is 8.14. The van der Waals surface area contributed by atoms with Gasteiger partial charge in [0.15, 0.2) is 0 Å². The molecule has 0 atom stereocenters. The van der Waals surface area contributed by atoms with Crippen LogP contribution in [-0.2, 0) is 4.79 Å². The summed E-state index contributed by atoms with van der Waals surface area (Å²) < 4.78 is 0. The van der Waals surface area contributed by atoms with Crippen LogP contribution in [0.4, 0.5) is 22.7 Å². The lowest BCUT2D eigenvalue weighted by Crippen LogP contribution is -2.12. The second-order valence-electron chi connectivity index (χ2n) is 6.17. The van der Waals surface area contributed by atoms with Crippen molar-refractivity contribution < 1.29 is 9.59 Å². The number of amides is 2. The minimum absolute atomic E-state index is 0.136. The molecule has 0 bridgehead atoms. The molecule has 1 aromatic heterocycles. The fourth-order valence-corrected chi connectivity index (χ4v) is 2.60. The summed E-state index contributed by atoms with van der Waals surface area (Å²) in [7, 11) is 0. The Morgan fingerprint density at radius 3 is 2.26 bits per heavy atom. The van der Waals surface area contributed by atoms with Gasteiger partial charge in [-0.05, 0) is 48.9 Å². The predicted molar refractivity (Wildman–Crippen MR) is 107 cm³/mol. The van der Waals surface area contributed by atoms with Gasteiger partial charge in [-0.1, -0.05) is 18.2 Å². The van der Waals surface area contributed by atoms with Crippen LogP contribution in [0.25, 0.3) is 0 Å². The molecule has 3 rings (SSSR count). The zero-order chi connectivity index (χ0) is 19.2. The van der Waals surface area contributed by atoms with Crippen molar-refractivity contribution in [1.29, 1.82) is 0 Å². The van der Waals surface area contributed by atoms with Crippen LogP contribution in [0.15, 0.2) is 67.0 Å². The van der Waals surface area contributed by atoms with Gasteiger partial charge in [0.2, 0.25) is 5.91 Å². The molecule has 136 valence electrons. The van der Waals surface area contributed by atoms with Crippen LogP contribution in [0.1, 0.15) is 22.8 Å². The molecule has 0 aliphatic carbocycles. The lowest BCUT2D eigenvalue weighted by Gasteiger charge is -2.10. The maximum absolute atomic E-state index is 12.5. The summed E-state index contributed by atoms with van der Waals surface area (Å²) in [4.78, 5) is 27.8. The predicted octanol–water partition coefficient (Wildman–Crippen LogP) is 4.34. The molecule has 1 heterocycles. The lowest BCUT2D eigenvalue weighted by atomic mass is 10.2. The Hall–Kier alpha value is -3.67. The number of nitrogens with zero attached hydrogens (tertiary/aromatic N) is 1. The lowest BCUT2D eigenvalue weighted by molar-refractivity contribution is -0.114. The van der Waals surface area contributed by atoms with Crippen molar-refractivity contribution in [2.45, 2.75) is 13.8 Å². The number of carbonyl (C=O) groups excluding carboxylic acids is 2. The summed E-state index contributed by atoms with van der Waals surface area (Å²) in [5.41, 5.74) is 4.39. The third kappa shape index (κ3) is 5.15. The van der Waals surface area contributed by atoms with Crippen LogP contribution in [0, 0.1) is 6.92 Å². The van der Waals surface area contributed by atoms with E-state index in [0.717, 1.165) is 16.9 Å². The molecular weight excluding hydrogens is 340 g/mol. The van der Waals surface area contributed by atoms with Gasteiger partial charge in [0.1, 0.15) is 0 Å². The maximum atomic E-state index is 12.5. The summed E-state index contributed by atoms with van der Waals surface area (Å²) in [6.45, 7) is 3.43. The highest BCUT2D eigenvalue weighted by Crippen LogP contribution is 2.21. The van der Waals surface area contributed by atoms with Gasteiger partial charge in [0.05, 0.1) is 17.4 Å². The highest BCUT2D eigenvalue weighted by Gasteiger charge is 2.08. The maximum Gasteiger partial charge on any atom is 0.257 e. The first kappa shape index (κ1) is 18.1. The minimum atomic E-state index is -0.233. The van der Waals surface area contributed by atoms with Crippen molar-refractivity contribution >= 4 is 34.6 Å². The first-order valence-corrected chi connectivity index (χ1v) is 8.47. The number of carbonyl (C=O) groups is 2. The molecule has 27 heavy (non-hydrogen) atoms. The van der Waals surface area contributed by atoms with Crippen molar-refractivity contribution in [3.05, 3.63) is 78.1 Å². The van der Waals surface area contributed by atoms with Crippen LogP contribution in [0.2, 0.25) is 0 Å². The molecule has 2 aromatic carbocycles. The number of hydrogen-bond acceptors (Lipinski definition) is 4. The highest BCUT2D eigenvalue weighted by molar-refractivity contribution is 6.04. The van der Waals surface area contributed by atoms with Gasteiger partial charge in [0, 0.05) is 30.2 Å².